The van der Waals surface area contributed by atoms with E-state index in [9.17, 15) is 9.59 Å². The molecule has 0 bridgehead atoms. The van der Waals surface area contributed by atoms with Gasteiger partial charge in [-0.25, -0.2) is 0 Å². The van der Waals surface area contributed by atoms with Gasteiger partial charge in [0, 0.05) is 5.92 Å². The molecule has 0 saturated carbocycles. The molecule has 3 N–H and O–H groups in total. The minimum Gasteiger partial charge on any atom is -0.368 e. The lowest BCUT2D eigenvalue weighted by Gasteiger charge is -2.14. The molecule has 0 aliphatic heterocycles. The summed E-state index contributed by atoms with van der Waals surface area (Å²) in [6.07, 6.45) is 0. The fourth-order valence-corrected chi connectivity index (χ4v) is 0.638. The maximum absolute atomic E-state index is 11.2. The summed E-state index contributed by atoms with van der Waals surface area (Å²) in [5.41, 5.74) is 4.86. The highest BCUT2D eigenvalue weighted by molar-refractivity contribution is 5.84. The maximum atomic E-state index is 11.2. The molecule has 0 fully saturated rings. The number of primary amides is 1. The Hall–Kier alpha value is -1.06. The van der Waals surface area contributed by atoms with Gasteiger partial charge in [-0.15, -0.1) is 0 Å². The van der Waals surface area contributed by atoms with Gasteiger partial charge in [-0.2, -0.15) is 0 Å². The monoisotopic (exact) mass is 172 g/mol. The number of hydrogen-bond acceptors (Lipinski definition) is 2. The number of carbonyl (C=O) groups excluding carboxylic acids is 2. The molecule has 4 heteroatoms. The van der Waals surface area contributed by atoms with Crippen LogP contribution >= 0.6 is 0 Å². The van der Waals surface area contributed by atoms with E-state index >= 15 is 0 Å². The zero-order chi connectivity index (χ0) is 9.72. The summed E-state index contributed by atoms with van der Waals surface area (Å²) in [5.74, 6) is -0.440. The fraction of sp³-hybridized carbons (Fsp3) is 0.750. The molecular weight excluding hydrogens is 156 g/mol. The maximum Gasteiger partial charge on any atom is 0.236 e. The van der Waals surface area contributed by atoms with Crippen molar-refractivity contribution in [3.63, 3.8) is 0 Å². The minimum absolute atomic E-state index is 0.0735. The van der Waals surface area contributed by atoms with Crippen molar-refractivity contribution < 1.29 is 9.59 Å². The Morgan fingerprint density at radius 3 is 2.17 bits per heavy atom. The van der Waals surface area contributed by atoms with Gasteiger partial charge in [0.15, 0.2) is 0 Å². The Morgan fingerprint density at radius 1 is 1.33 bits per heavy atom. The molecular formula is C8H16N2O2. The van der Waals surface area contributed by atoms with Crippen molar-refractivity contribution in [1.82, 2.24) is 5.32 Å². The van der Waals surface area contributed by atoms with Gasteiger partial charge >= 0.3 is 0 Å². The quantitative estimate of drug-likeness (QED) is 0.620. The highest BCUT2D eigenvalue weighted by Crippen LogP contribution is 2.08. The second-order valence-electron chi connectivity index (χ2n) is 3.22. The molecule has 70 valence electrons. The van der Waals surface area contributed by atoms with E-state index in [0.717, 1.165) is 0 Å². The van der Waals surface area contributed by atoms with Gasteiger partial charge in [0.1, 0.15) is 0 Å². The number of amides is 2. The van der Waals surface area contributed by atoms with Crippen molar-refractivity contribution in [2.75, 3.05) is 6.54 Å². The Kier molecular flexibility index (Phi) is 4.33. The first-order valence-electron chi connectivity index (χ1n) is 4.01. The number of nitrogens with two attached hydrogens (primary N) is 1. The summed E-state index contributed by atoms with van der Waals surface area (Å²) in [4.78, 5) is 21.5. The van der Waals surface area contributed by atoms with Crippen LogP contribution in [-0.4, -0.2) is 18.4 Å². The van der Waals surface area contributed by atoms with Gasteiger partial charge < -0.3 is 11.1 Å². The lowest BCUT2D eigenvalue weighted by atomic mass is 9.97. The summed E-state index contributed by atoms with van der Waals surface area (Å²) < 4.78 is 0. The van der Waals surface area contributed by atoms with Crippen LogP contribution in [0.25, 0.3) is 0 Å². The van der Waals surface area contributed by atoms with E-state index in [-0.39, 0.29) is 24.3 Å². The molecule has 12 heavy (non-hydrogen) atoms. The lowest BCUT2D eigenvalue weighted by molar-refractivity contribution is -0.128. The molecule has 0 aromatic heterocycles. The Morgan fingerprint density at radius 2 is 1.83 bits per heavy atom. The van der Waals surface area contributed by atoms with Crippen LogP contribution in [0.3, 0.4) is 0 Å². The average molecular weight is 172 g/mol. The third kappa shape index (κ3) is 3.95. The van der Waals surface area contributed by atoms with Gasteiger partial charge in [-0.1, -0.05) is 20.8 Å². The van der Waals surface area contributed by atoms with Gasteiger partial charge in [0.2, 0.25) is 11.8 Å². The van der Waals surface area contributed by atoms with Gasteiger partial charge in [0.25, 0.3) is 0 Å². The molecule has 4 nitrogen and oxygen atoms in total. The van der Waals surface area contributed by atoms with E-state index in [2.05, 4.69) is 5.32 Å². The standard InChI is InChI=1S/C8H16N2O2/c1-5(2)6(3)8(12)10-4-7(9)11/h5-6H,4H2,1-3H3,(H2,9,11)(H,10,12). The SMILES string of the molecule is CC(C)C(C)C(=O)NCC(N)=O. The lowest BCUT2D eigenvalue weighted by Crippen LogP contribution is -2.37. The average Bonchev–Trinajstić information content (AvgIpc) is 1.98. The van der Waals surface area contributed by atoms with Gasteiger partial charge in [-0.05, 0) is 5.92 Å². The van der Waals surface area contributed by atoms with E-state index in [1.165, 1.54) is 0 Å². The third-order valence-electron chi connectivity index (χ3n) is 1.85. The molecule has 1 atom stereocenters. The number of carbonyl (C=O) groups is 2. The van der Waals surface area contributed by atoms with Crippen LogP contribution in [0.15, 0.2) is 0 Å². The second kappa shape index (κ2) is 4.74. The first-order valence-corrected chi connectivity index (χ1v) is 4.01. The molecule has 0 heterocycles. The Balaban J connectivity index is 3.80. The zero-order valence-corrected chi connectivity index (χ0v) is 7.76. The summed E-state index contributed by atoms with van der Waals surface area (Å²) in [6, 6.07) is 0. The Labute approximate surface area is 72.5 Å². The van der Waals surface area contributed by atoms with Crippen LogP contribution in [0, 0.1) is 11.8 Å². The molecule has 0 aliphatic carbocycles. The largest absolute Gasteiger partial charge is 0.368 e. The number of rotatable bonds is 4. The highest BCUT2D eigenvalue weighted by Gasteiger charge is 2.16. The van der Waals surface area contributed by atoms with Crippen LogP contribution in [0.2, 0.25) is 0 Å². The fourth-order valence-electron chi connectivity index (χ4n) is 0.638. The topological polar surface area (TPSA) is 72.2 Å². The van der Waals surface area contributed by atoms with E-state index in [0.29, 0.717) is 0 Å². The first kappa shape index (κ1) is 10.9. The van der Waals surface area contributed by atoms with Crippen LogP contribution in [0.4, 0.5) is 0 Å². The molecule has 0 saturated heterocycles. The van der Waals surface area contributed by atoms with Crippen molar-refractivity contribution in [3.05, 3.63) is 0 Å². The van der Waals surface area contributed by atoms with E-state index in [1.54, 1.807) is 0 Å². The molecule has 0 aromatic rings. The summed E-state index contributed by atoms with van der Waals surface area (Å²) in [6.45, 7) is 5.65. The third-order valence-corrected chi connectivity index (χ3v) is 1.85. The molecule has 0 radical (unpaired) electrons. The molecule has 0 rings (SSSR count). The van der Waals surface area contributed by atoms with Crippen molar-refractivity contribution in [2.45, 2.75) is 20.8 Å². The Bertz CT molecular complexity index is 178. The van der Waals surface area contributed by atoms with Crippen molar-refractivity contribution in [3.8, 4) is 0 Å². The van der Waals surface area contributed by atoms with Gasteiger partial charge in [-0.3, -0.25) is 9.59 Å². The minimum atomic E-state index is -0.515. The molecule has 0 aliphatic rings. The molecule has 0 aromatic carbocycles. The van der Waals surface area contributed by atoms with E-state index in [1.807, 2.05) is 20.8 Å². The van der Waals surface area contributed by atoms with Crippen molar-refractivity contribution in [2.24, 2.45) is 17.6 Å². The zero-order valence-electron chi connectivity index (χ0n) is 7.76. The first-order chi connectivity index (χ1) is 5.45. The van der Waals surface area contributed by atoms with E-state index < -0.39 is 5.91 Å². The van der Waals surface area contributed by atoms with Gasteiger partial charge in [0.05, 0.1) is 6.54 Å². The van der Waals surface area contributed by atoms with Crippen molar-refractivity contribution >= 4 is 11.8 Å². The number of hydrogen-bond donors (Lipinski definition) is 2. The molecule has 1 unspecified atom stereocenters. The van der Waals surface area contributed by atoms with Crippen LogP contribution in [0.5, 0.6) is 0 Å². The summed E-state index contributed by atoms with van der Waals surface area (Å²) in [7, 11) is 0. The normalized spacial score (nSPS) is 12.7. The van der Waals surface area contributed by atoms with Crippen LogP contribution < -0.4 is 11.1 Å². The van der Waals surface area contributed by atoms with E-state index in [4.69, 9.17) is 5.73 Å². The smallest absolute Gasteiger partial charge is 0.236 e. The van der Waals surface area contributed by atoms with Crippen molar-refractivity contribution in [1.29, 1.82) is 0 Å². The highest BCUT2D eigenvalue weighted by atomic mass is 16.2. The van der Waals surface area contributed by atoms with Crippen LogP contribution in [-0.2, 0) is 9.59 Å². The predicted octanol–water partition coefficient (Wildman–Crippen LogP) is -0.120. The summed E-state index contributed by atoms with van der Waals surface area (Å²) in [5, 5.41) is 2.45. The number of nitrogens with one attached hydrogen (secondary N) is 1. The van der Waals surface area contributed by atoms with Crippen LogP contribution in [0.1, 0.15) is 20.8 Å². The predicted molar refractivity (Wildman–Crippen MR) is 46.2 cm³/mol. The molecule has 0 spiro atoms. The molecule has 2 amide bonds. The summed E-state index contributed by atoms with van der Waals surface area (Å²) >= 11 is 0. The second-order valence-corrected chi connectivity index (χ2v) is 3.22.